The lowest BCUT2D eigenvalue weighted by molar-refractivity contribution is -0.123. The van der Waals surface area contributed by atoms with E-state index in [1.807, 2.05) is 36.4 Å². The molecule has 134 valence electrons. The zero-order valence-electron chi connectivity index (χ0n) is 14.7. The van der Waals surface area contributed by atoms with Crippen LogP contribution in [0.25, 0.3) is 0 Å². The molecule has 2 aromatic rings. The van der Waals surface area contributed by atoms with Gasteiger partial charge in [-0.05, 0) is 55.2 Å². The molecule has 2 aliphatic heterocycles. The Kier molecular flexibility index (Phi) is 4.61. The van der Waals surface area contributed by atoms with Crippen LogP contribution in [-0.4, -0.2) is 24.9 Å². The molecule has 2 amide bonds. The number of carbonyl (C=O) groups is 2. The number of nitrogens with one attached hydrogen (secondary N) is 2. The number of para-hydroxylation sites is 1. The monoisotopic (exact) mass is 349 g/mol. The van der Waals surface area contributed by atoms with Gasteiger partial charge in [0.15, 0.2) is 0 Å². The van der Waals surface area contributed by atoms with Crippen molar-refractivity contribution >= 4 is 28.9 Å². The number of carbonyl (C=O) groups excluding carboxylic acids is 2. The number of benzene rings is 2. The molecule has 0 aromatic heterocycles. The highest BCUT2D eigenvalue weighted by Gasteiger charge is 2.30. The molecule has 0 saturated carbocycles. The van der Waals surface area contributed by atoms with Crippen LogP contribution in [0, 0.1) is 0 Å². The molecule has 0 spiro atoms. The van der Waals surface area contributed by atoms with Crippen LogP contribution in [-0.2, 0) is 9.59 Å². The predicted octanol–water partition coefficient (Wildman–Crippen LogP) is 3.74. The van der Waals surface area contributed by atoms with E-state index in [1.165, 1.54) is 24.9 Å². The van der Waals surface area contributed by atoms with Crippen LogP contribution in [0.15, 0.2) is 48.5 Å². The van der Waals surface area contributed by atoms with Gasteiger partial charge in [-0.2, -0.15) is 0 Å². The van der Waals surface area contributed by atoms with Gasteiger partial charge in [0.05, 0.1) is 5.92 Å². The van der Waals surface area contributed by atoms with E-state index in [1.54, 1.807) is 0 Å². The molecule has 1 saturated heterocycles. The molecule has 2 heterocycles. The molecule has 2 N–H and O–H groups in total. The molecule has 0 radical (unpaired) electrons. The van der Waals surface area contributed by atoms with Crippen LogP contribution in [0.2, 0.25) is 0 Å². The highest BCUT2D eigenvalue weighted by atomic mass is 16.2. The molecule has 0 aliphatic carbocycles. The molecule has 26 heavy (non-hydrogen) atoms. The molecule has 4 rings (SSSR count). The normalized spacial score (nSPS) is 19.5. The van der Waals surface area contributed by atoms with E-state index in [0.29, 0.717) is 0 Å². The van der Waals surface area contributed by atoms with E-state index in [4.69, 9.17) is 0 Å². The van der Waals surface area contributed by atoms with Gasteiger partial charge in [-0.25, -0.2) is 0 Å². The smallest absolute Gasteiger partial charge is 0.232 e. The molecule has 2 aromatic carbocycles. The fraction of sp³-hybridized carbons (Fsp3) is 0.333. The van der Waals surface area contributed by atoms with Gasteiger partial charge in [-0.1, -0.05) is 18.2 Å². The summed E-state index contributed by atoms with van der Waals surface area (Å²) in [4.78, 5) is 27.1. The van der Waals surface area contributed by atoms with Gasteiger partial charge in [0.2, 0.25) is 11.8 Å². The summed E-state index contributed by atoms with van der Waals surface area (Å²) in [5, 5.41) is 5.79. The lowest BCUT2D eigenvalue weighted by atomic mass is 9.90. The Labute approximate surface area is 153 Å². The van der Waals surface area contributed by atoms with Gasteiger partial charge < -0.3 is 15.5 Å². The Hall–Kier alpha value is -2.82. The second kappa shape index (κ2) is 7.20. The Balaban J connectivity index is 1.47. The lowest BCUT2D eigenvalue weighted by Crippen LogP contribution is -2.31. The lowest BCUT2D eigenvalue weighted by Gasteiger charge is -2.29. The standard InChI is InChI=1S/C21H23N3O2/c25-20-14-18(17-6-2-3-7-19(17)23-20)21(26)22-15-8-10-16(11-9-15)24-12-4-1-5-13-24/h2-3,6-11,18H,1,4-5,12-14H2,(H,22,26)(H,23,25)/t18-/m1/s1. The molecular weight excluding hydrogens is 326 g/mol. The average Bonchev–Trinajstić information content (AvgIpc) is 2.68. The van der Waals surface area contributed by atoms with Crippen LogP contribution in [0.5, 0.6) is 0 Å². The first-order chi connectivity index (χ1) is 12.7. The fourth-order valence-electron chi connectivity index (χ4n) is 3.78. The molecule has 0 unspecified atom stereocenters. The van der Waals surface area contributed by atoms with Crippen LogP contribution in [0.3, 0.4) is 0 Å². The topological polar surface area (TPSA) is 61.4 Å². The summed E-state index contributed by atoms with van der Waals surface area (Å²) in [5.74, 6) is -0.718. The first-order valence-electron chi connectivity index (χ1n) is 9.25. The zero-order valence-corrected chi connectivity index (χ0v) is 14.7. The minimum atomic E-state index is -0.457. The quantitative estimate of drug-likeness (QED) is 0.887. The van der Waals surface area contributed by atoms with Crippen molar-refractivity contribution in [2.45, 2.75) is 31.6 Å². The van der Waals surface area contributed by atoms with Crippen molar-refractivity contribution in [3.63, 3.8) is 0 Å². The average molecular weight is 349 g/mol. The van der Waals surface area contributed by atoms with Crippen molar-refractivity contribution in [3.05, 3.63) is 54.1 Å². The van der Waals surface area contributed by atoms with E-state index in [0.717, 1.165) is 30.0 Å². The molecule has 1 atom stereocenters. The number of piperidine rings is 1. The van der Waals surface area contributed by atoms with E-state index < -0.39 is 5.92 Å². The number of hydrogen-bond donors (Lipinski definition) is 2. The van der Waals surface area contributed by atoms with Gasteiger partial charge in [0.25, 0.3) is 0 Å². The predicted molar refractivity (Wildman–Crippen MR) is 104 cm³/mol. The summed E-state index contributed by atoms with van der Waals surface area (Å²) in [6.07, 6.45) is 3.96. The van der Waals surface area contributed by atoms with E-state index in [-0.39, 0.29) is 18.2 Å². The second-order valence-corrected chi connectivity index (χ2v) is 6.98. The van der Waals surface area contributed by atoms with Crippen LogP contribution < -0.4 is 15.5 Å². The maximum Gasteiger partial charge on any atom is 0.232 e. The highest BCUT2D eigenvalue weighted by molar-refractivity contribution is 6.05. The second-order valence-electron chi connectivity index (χ2n) is 6.98. The molecule has 5 heteroatoms. The van der Waals surface area contributed by atoms with Gasteiger partial charge in [-0.3, -0.25) is 9.59 Å². The minimum absolute atomic E-state index is 0.121. The SMILES string of the molecule is O=C1C[C@@H](C(=O)Nc2ccc(N3CCCCC3)cc2)c2ccccc2N1. The first kappa shape index (κ1) is 16.6. The Morgan fingerprint density at radius 3 is 2.50 bits per heavy atom. The third-order valence-corrected chi connectivity index (χ3v) is 5.17. The summed E-state index contributed by atoms with van der Waals surface area (Å²) < 4.78 is 0. The Morgan fingerprint density at radius 2 is 1.73 bits per heavy atom. The first-order valence-corrected chi connectivity index (χ1v) is 9.25. The molecule has 0 bridgehead atoms. The van der Waals surface area contributed by atoms with Crippen molar-refractivity contribution in [1.82, 2.24) is 0 Å². The highest BCUT2D eigenvalue weighted by Crippen LogP contribution is 2.33. The number of amides is 2. The summed E-state index contributed by atoms with van der Waals surface area (Å²) in [7, 11) is 0. The van der Waals surface area contributed by atoms with Crippen molar-refractivity contribution in [2.75, 3.05) is 28.6 Å². The number of anilines is 3. The van der Waals surface area contributed by atoms with Crippen molar-refractivity contribution in [3.8, 4) is 0 Å². The number of hydrogen-bond acceptors (Lipinski definition) is 3. The van der Waals surface area contributed by atoms with Crippen LogP contribution >= 0.6 is 0 Å². The largest absolute Gasteiger partial charge is 0.372 e. The summed E-state index contributed by atoms with van der Waals surface area (Å²) in [6.45, 7) is 2.19. The molecule has 1 fully saturated rings. The number of rotatable bonds is 3. The number of fused-ring (bicyclic) bond motifs is 1. The van der Waals surface area contributed by atoms with Crippen molar-refractivity contribution in [1.29, 1.82) is 0 Å². The van der Waals surface area contributed by atoms with Crippen LogP contribution in [0.4, 0.5) is 17.1 Å². The summed E-state index contributed by atoms with van der Waals surface area (Å²) in [6, 6.07) is 15.5. The van der Waals surface area contributed by atoms with Crippen LogP contribution in [0.1, 0.15) is 37.2 Å². The third-order valence-electron chi connectivity index (χ3n) is 5.17. The Bertz CT molecular complexity index is 810. The maximum atomic E-state index is 12.8. The van der Waals surface area contributed by atoms with E-state index >= 15 is 0 Å². The van der Waals surface area contributed by atoms with Gasteiger partial charge in [-0.15, -0.1) is 0 Å². The maximum absolute atomic E-state index is 12.8. The van der Waals surface area contributed by atoms with Crippen molar-refractivity contribution < 1.29 is 9.59 Å². The van der Waals surface area contributed by atoms with Gasteiger partial charge in [0.1, 0.15) is 0 Å². The molecule has 2 aliphatic rings. The fourth-order valence-corrected chi connectivity index (χ4v) is 3.78. The Morgan fingerprint density at radius 1 is 1.00 bits per heavy atom. The van der Waals surface area contributed by atoms with Gasteiger partial charge >= 0.3 is 0 Å². The van der Waals surface area contributed by atoms with Crippen molar-refractivity contribution in [2.24, 2.45) is 0 Å². The molecule has 5 nitrogen and oxygen atoms in total. The van der Waals surface area contributed by atoms with Gasteiger partial charge in [0, 0.05) is 36.6 Å². The summed E-state index contributed by atoms with van der Waals surface area (Å²) in [5.41, 5.74) is 3.56. The number of nitrogens with zero attached hydrogens (tertiary/aromatic N) is 1. The van der Waals surface area contributed by atoms with E-state index in [9.17, 15) is 9.59 Å². The van der Waals surface area contributed by atoms with E-state index in [2.05, 4.69) is 27.7 Å². The minimum Gasteiger partial charge on any atom is -0.372 e. The third kappa shape index (κ3) is 3.43. The molecular formula is C21H23N3O2. The summed E-state index contributed by atoms with van der Waals surface area (Å²) >= 11 is 0. The zero-order chi connectivity index (χ0) is 17.9.